The summed E-state index contributed by atoms with van der Waals surface area (Å²) in [6.45, 7) is 10.8. The van der Waals surface area contributed by atoms with Gasteiger partial charge in [0.05, 0.1) is 0 Å². The van der Waals surface area contributed by atoms with Gasteiger partial charge in [-0.1, -0.05) is 19.6 Å². The van der Waals surface area contributed by atoms with Crippen molar-refractivity contribution in [3.8, 4) is 5.69 Å². The van der Waals surface area contributed by atoms with Crippen LogP contribution in [0.2, 0.25) is 19.6 Å². The first kappa shape index (κ1) is 10.2. The highest BCUT2D eigenvalue weighted by molar-refractivity contribution is 6.83. The van der Waals surface area contributed by atoms with Crippen LogP contribution in [0.15, 0.2) is 0 Å². The number of nitrogens with zero attached hydrogens (tertiary/aromatic N) is 2. The molecule has 0 fully saturated rings. The fraction of sp³-hybridized carbons (Fsp3) is 0.600. The maximum atomic E-state index is 8.21. The summed E-state index contributed by atoms with van der Waals surface area (Å²) in [5, 5.41) is 14.5. The maximum Gasteiger partial charge on any atom is 0.164 e. The maximum absolute atomic E-state index is 8.21. The molecule has 0 amide bonds. The summed E-state index contributed by atoms with van der Waals surface area (Å²) in [5.41, 5.74) is 2.24. The fourth-order valence-electron chi connectivity index (χ4n) is 0. The van der Waals surface area contributed by atoms with E-state index in [9.17, 15) is 0 Å². The van der Waals surface area contributed by atoms with Crippen LogP contribution in [0.1, 0.15) is 0 Å². The largest absolute Gasteiger partial charge is 0.512 e. The summed E-state index contributed by atoms with van der Waals surface area (Å²) in [6, 6.07) is 0. The average molecular weight is 125 g/mol. The van der Waals surface area contributed by atoms with E-state index >= 15 is 0 Å². The smallest absolute Gasteiger partial charge is 0.164 e. The molecule has 8 heavy (non-hydrogen) atoms. The molecule has 0 unspecified atom stereocenters. The van der Waals surface area contributed by atoms with E-state index < -0.39 is 8.07 Å². The van der Waals surface area contributed by atoms with E-state index in [0.717, 1.165) is 0 Å². The van der Waals surface area contributed by atoms with Gasteiger partial charge in [0.2, 0.25) is 0 Å². The van der Waals surface area contributed by atoms with Crippen molar-refractivity contribution in [1.29, 1.82) is 10.5 Å². The molecule has 0 saturated heterocycles. The molecule has 0 aliphatic carbocycles. The van der Waals surface area contributed by atoms with Gasteiger partial charge in [0.1, 0.15) is 0 Å². The summed E-state index contributed by atoms with van der Waals surface area (Å²) >= 11 is 0. The average Bonchev–Trinajstić information content (AvgIpc) is 1.71. The standard InChI is InChI=1S/C4H9NSi.CN/c1-6(2,3)4-5;1-2/h1-3H3;/q;-1. The van der Waals surface area contributed by atoms with Crippen molar-refractivity contribution in [3.05, 3.63) is 6.57 Å². The van der Waals surface area contributed by atoms with Crippen LogP contribution in [0.3, 0.4) is 0 Å². The predicted octanol–water partition coefficient (Wildman–Crippen LogP) is 1.48. The van der Waals surface area contributed by atoms with Crippen molar-refractivity contribution in [2.75, 3.05) is 0 Å². The Morgan fingerprint density at radius 3 is 1.38 bits per heavy atom. The van der Waals surface area contributed by atoms with Crippen LogP contribution in [-0.4, -0.2) is 8.07 Å². The highest BCUT2D eigenvalue weighted by Gasteiger charge is 2.09. The van der Waals surface area contributed by atoms with Crippen molar-refractivity contribution in [2.24, 2.45) is 0 Å². The minimum Gasteiger partial charge on any atom is -0.512 e. The normalized spacial score (nSPS) is 8.00. The molecular weight excluding hydrogens is 116 g/mol. The third-order valence-corrected chi connectivity index (χ3v) is 1.01. The van der Waals surface area contributed by atoms with Gasteiger partial charge in [-0.05, 0) is 0 Å². The van der Waals surface area contributed by atoms with Crippen LogP contribution >= 0.6 is 0 Å². The van der Waals surface area contributed by atoms with Crippen LogP contribution in [0.25, 0.3) is 0 Å². The minimum atomic E-state index is -1.33. The van der Waals surface area contributed by atoms with Gasteiger partial charge in [0.15, 0.2) is 8.07 Å². The lowest BCUT2D eigenvalue weighted by Crippen LogP contribution is -2.15. The number of nitriles is 1. The SMILES string of the molecule is C[Si](C)(C)C#N.[C-]#N. The molecule has 0 bridgehead atoms. The summed E-state index contributed by atoms with van der Waals surface area (Å²) in [6.07, 6.45) is 0. The molecule has 0 saturated carbocycles. The number of rotatable bonds is 0. The molecule has 0 N–H and O–H groups in total. The quantitative estimate of drug-likeness (QED) is 0.363. The molecule has 0 heterocycles. The Morgan fingerprint density at radius 2 is 1.38 bits per heavy atom. The van der Waals surface area contributed by atoms with Gasteiger partial charge in [-0.3, -0.25) is 0 Å². The highest BCUT2D eigenvalue weighted by Crippen LogP contribution is 1.94. The molecule has 0 rings (SSSR count). The van der Waals surface area contributed by atoms with Gasteiger partial charge in [-0.2, -0.15) is 0 Å². The molecule has 44 valence electrons. The van der Waals surface area contributed by atoms with Crippen LogP contribution in [0, 0.1) is 22.8 Å². The second kappa shape index (κ2) is 4.36. The van der Waals surface area contributed by atoms with Gasteiger partial charge in [0, 0.05) is 5.69 Å². The molecule has 0 radical (unpaired) electrons. The van der Waals surface area contributed by atoms with Gasteiger partial charge in [-0.15, -0.1) is 0 Å². The first-order chi connectivity index (χ1) is 3.56. The Balaban J connectivity index is 0. The second-order valence-electron chi connectivity index (χ2n) is 2.36. The molecule has 0 aromatic carbocycles. The lowest BCUT2D eigenvalue weighted by molar-refractivity contribution is 1.53. The van der Waals surface area contributed by atoms with Crippen LogP contribution in [-0.2, 0) is 0 Å². The molecule has 0 aromatic rings. The molecule has 2 nitrogen and oxygen atoms in total. The number of hydrogen-bond donors (Lipinski definition) is 0. The van der Waals surface area contributed by atoms with Gasteiger partial charge in [0.25, 0.3) is 0 Å². The zero-order valence-corrected chi connectivity index (χ0v) is 6.39. The molecule has 0 aliphatic heterocycles. The van der Waals surface area contributed by atoms with Crippen molar-refractivity contribution < 1.29 is 0 Å². The van der Waals surface area contributed by atoms with Crippen molar-refractivity contribution in [2.45, 2.75) is 19.6 Å². The van der Waals surface area contributed by atoms with Gasteiger partial charge >= 0.3 is 0 Å². The van der Waals surface area contributed by atoms with Gasteiger partial charge < -0.3 is 11.8 Å². The zero-order chi connectivity index (χ0) is 7.21. The molecule has 0 aliphatic rings. The number of hydrogen-bond acceptors (Lipinski definition) is 2. The van der Waals surface area contributed by atoms with Crippen LogP contribution < -0.4 is 0 Å². The monoisotopic (exact) mass is 125 g/mol. The summed E-state index contributed by atoms with van der Waals surface area (Å²) in [4.78, 5) is 0. The minimum absolute atomic E-state index is 1.33. The van der Waals surface area contributed by atoms with Gasteiger partial charge in [-0.25, -0.2) is 5.26 Å². The van der Waals surface area contributed by atoms with E-state index in [1.165, 1.54) is 0 Å². The van der Waals surface area contributed by atoms with E-state index in [0.29, 0.717) is 0 Å². The summed E-state index contributed by atoms with van der Waals surface area (Å²) in [7, 11) is -1.33. The van der Waals surface area contributed by atoms with E-state index in [4.69, 9.17) is 17.1 Å². The Bertz CT molecular complexity index is 104. The zero-order valence-electron chi connectivity index (χ0n) is 5.39. The first-order valence-corrected chi connectivity index (χ1v) is 5.70. The predicted molar refractivity (Wildman–Crippen MR) is 33.9 cm³/mol. The Morgan fingerprint density at radius 1 is 1.25 bits per heavy atom. The van der Waals surface area contributed by atoms with Crippen molar-refractivity contribution in [3.63, 3.8) is 0 Å². The van der Waals surface area contributed by atoms with Crippen molar-refractivity contribution >= 4 is 8.07 Å². The molecule has 3 heteroatoms. The van der Waals surface area contributed by atoms with Crippen LogP contribution in [0.4, 0.5) is 0 Å². The Kier molecular flexibility index (Phi) is 5.57. The fourth-order valence-corrected chi connectivity index (χ4v) is 0. The summed E-state index contributed by atoms with van der Waals surface area (Å²) in [5.74, 6) is 0. The van der Waals surface area contributed by atoms with Crippen molar-refractivity contribution in [1.82, 2.24) is 0 Å². The van der Waals surface area contributed by atoms with E-state index in [1.54, 1.807) is 0 Å². The third-order valence-electron chi connectivity index (χ3n) is 0.335. The third kappa shape index (κ3) is 19.0. The topological polar surface area (TPSA) is 47.6 Å². The summed E-state index contributed by atoms with van der Waals surface area (Å²) < 4.78 is 0. The molecule has 0 spiro atoms. The molecular formula is C5H9N2Si-. The van der Waals surface area contributed by atoms with E-state index in [-0.39, 0.29) is 0 Å². The second-order valence-corrected chi connectivity index (χ2v) is 7.09. The Labute approximate surface area is 51.4 Å². The van der Waals surface area contributed by atoms with E-state index in [1.807, 2.05) is 19.6 Å². The van der Waals surface area contributed by atoms with E-state index in [2.05, 4.69) is 5.69 Å². The molecule has 0 atom stereocenters. The lowest BCUT2D eigenvalue weighted by Gasteiger charge is -1.96. The molecule has 0 aromatic heterocycles. The van der Waals surface area contributed by atoms with Crippen LogP contribution in [0.5, 0.6) is 0 Å². The highest BCUT2D eigenvalue weighted by atomic mass is 28.3. The first-order valence-electron chi connectivity index (χ1n) is 2.20. The Hall–Kier alpha value is -0.803. The lowest BCUT2D eigenvalue weighted by atomic mass is 11.7.